The van der Waals surface area contributed by atoms with Crippen molar-refractivity contribution in [3.8, 4) is 36.2 Å². The van der Waals surface area contributed by atoms with E-state index in [0.717, 1.165) is 61.4 Å². The minimum atomic E-state index is -3.22. The number of methoxy groups -OCH3 is 2. The average molecular weight is 756 g/mol. The normalized spacial score (nSPS) is 35.9. The fourth-order valence-electron chi connectivity index (χ4n) is 11.4. The SMILES string of the molecule is C#CC1=CCC2C3CCc4cc(OC)ccc4C3CC[C@]12C.C#C[C@]1(O)CCC2C3CCc4cc(OC)ccc4C3CC[C@@]21C.O=P(Cl)(Cl)Cl. The third kappa shape index (κ3) is 6.79. The van der Waals surface area contributed by atoms with Gasteiger partial charge in [0.1, 0.15) is 17.1 Å². The van der Waals surface area contributed by atoms with Crippen LogP contribution in [-0.2, 0) is 17.4 Å². The van der Waals surface area contributed by atoms with Crippen LogP contribution in [0.2, 0.25) is 0 Å². The predicted octanol–water partition coefficient (Wildman–Crippen LogP) is 11.4. The van der Waals surface area contributed by atoms with E-state index in [1.165, 1.54) is 60.8 Å². The number of terminal acetylenes is 2. The molecule has 2 aromatic rings. The van der Waals surface area contributed by atoms with Gasteiger partial charge in [0.2, 0.25) is 0 Å². The summed E-state index contributed by atoms with van der Waals surface area (Å²) in [6.07, 6.45) is 26.4. The maximum atomic E-state index is 11.0. The van der Waals surface area contributed by atoms with Crippen molar-refractivity contribution in [3.05, 3.63) is 70.3 Å². The number of halogens is 3. The Labute approximate surface area is 313 Å². The van der Waals surface area contributed by atoms with Crippen LogP contribution in [0.15, 0.2) is 48.0 Å². The molecule has 0 bridgehead atoms. The Kier molecular flexibility index (Phi) is 10.9. The van der Waals surface area contributed by atoms with Crippen molar-refractivity contribution >= 4 is 38.9 Å². The van der Waals surface area contributed by atoms with Crippen molar-refractivity contribution in [1.82, 2.24) is 0 Å². The lowest BCUT2D eigenvalue weighted by Crippen LogP contribution is -2.50. The molecule has 2 aromatic carbocycles. The lowest BCUT2D eigenvalue weighted by Gasteiger charge is -2.52. The fourth-order valence-corrected chi connectivity index (χ4v) is 11.4. The number of aryl methyl sites for hydroxylation is 2. The summed E-state index contributed by atoms with van der Waals surface area (Å²) in [5.41, 5.74) is 6.59. The van der Waals surface area contributed by atoms with E-state index in [1.54, 1.807) is 19.8 Å². The Balaban J connectivity index is 0.000000153. The summed E-state index contributed by atoms with van der Waals surface area (Å²) >= 11 is 13.8. The highest BCUT2D eigenvalue weighted by Crippen LogP contribution is 2.65. The van der Waals surface area contributed by atoms with E-state index in [2.05, 4.69) is 102 Å². The first-order valence-electron chi connectivity index (χ1n) is 18.1. The number of allylic oxidation sites excluding steroid dienone is 2. The van der Waals surface area contributed by atoms with Gasteiger partial charge in [0.25, 0.3) is 0 Å². The van der Waals surface area contributed by atoms with E-state index in [4.69, 9.17) is 22.3 Å². The number of rotatable bonds is 2. The van der Waals surface area contributed by atoms with Crippen LogP contribution in [0, 0.1) is 59.2 Å². The molecule has 6 aliphatic carbocycles. The van der Waals surface area contributed by atoms with Crippen LogP contribution < -0.4 is 9.47 Å². The van der Waals surface area contributed by atoms with Crippen LogP contribution >= 0.6 is 38.9 Å². The zero-order valence-corrected chi connectivity index (χ0v) is 32.9. The van der Waals surface area contributed by atoms with Gasteiger partial charge in [-0.2, -0.15) is 0 Å². The van der Waals surface area contributed by atoms with E-state index < -0.39 is 10.8 Å². The molecule has 268 valence electrons. The third-order valence-electron chi connectivity index (χ3n) is 14.0. The number of aliphatic hydroxyl groups is 1. The zero-order chi connectivity index (χ0) is 36.1. The van der Waals surface area contributed by atoms with Gasteiger partial charge in [-0.1, -0.05) is 43.9 Å². The van der Waals surface area contributed by atoms with Crippen molar-refractivity contribution in [2.45, 2.75) is 102 Å². The first-order chi connectivity index (χ1) is 23.7. The molecule has 0 heterocycles. The Hall–Kier alpha value is -2.04. The molecule has 8 rings (SSSR count). The highest BCUT2D eigenvalue weighted by Gasteiger charge is 2.61. The molecule has 6 aliphatic rings. The summed E-state index contributed by atoms with van der Waals surface area (Å²) in [6.45, 7) is 4.65. The molecule has 6 unspecified atom stereocenters. The minimum absolute atomic E-state index is 0.104. The molecule has 0 aromatic heterocycles. The summed E-state index contributed by atoms with van der Waals surface area (Å²) in [5.74, 6) is 11.8. The maximum Gasteiger partial charge on any atom is 0.339 e. The van der Waals surface area contributed by atoms with E-state index in [9.17, 15) is 9.67 Å². The largest absolute Gasteiger partial charge is 0.497 e. The predicted molar refractivity (Wildman–Crippen MR) is 206 cm³/mol. The second kappa shape index (κ2) is 14.4. The minimum Gasteiger partial charge on any atom is -0.497 e. The molecule has 0 spiro atoms. The van der Waals surface area contributed by atoms with E-state index in [1.807, 2.05) is 0 Å². The van der Waals surface area contributed by atoms with Gasteiger partial charge in [-0.05, 0) is 186 Å². The zero-order valence-electron chi connectivity index (χ0n) is 29.7. The topological polar surface area (TPSA) is 55.8 Å². The van der Waals surface area contributed by atoms with E-state index >= 15 is 0 Å². The fraction of sp³-hybridized carbons (Fsp3) is 0.571. The first-order valence-corrected chi connectivity index (χ1v) is 22.5. The standard InChI is InChI=1S/C21H26O2.C21H24O.Cl3OP/c1-4-21(22)12-10-19-18-7-5-14-13-15(23-3)6-8-16(14)17(18)9-11-20(19,21)2;1-4-15-6-10-20-19-8-5-14-13-16(22-3)7-9-17(14)18(19)11-12-21(15,20)2;1-5(2,3)4/h1,6,8,13,17-19,22H,5,7,9-12H2,2-3H3;1,6-7,9,13,18-20H,5,8,10-12H2,2-3H3;/t17?,18?,19?,20-,21-;18?,19?,20?,21-;/m01./s1. The Morgan fingerprint density at radius 2 is 1.32 bits per heavy atom. The molecule has 0 radical (unpaired) electrons. The summed E-state index contributed by atoms with van der Waals surface area (Å²) < 4.78 is 20.3. The maximum absolute atomic E-state index is 11.0. The molecule has 3 saturated carbocycles. The second-order valence-electron chi connectivity index (χ2n) is 15.8. The number of benzene rings is 2. The van der Waals surface area contributed by atoms with Gasteiger partial charge in [-0.3, -0.25) is 4.57 Å². The third-order valence-corrected chi connectivity index (χ3v) is 14.0. The summed E-state index contributed by atoms with van der Waals surface area (Å²) in [6, 6.07) is 13.3. The molecule has 0 aliphatic heterocycles. The van der Waals surface area contributed by atoms with Gasteiger partial charge < -0.3 is 14.6 Å². The van der Waals surface area contributed by atoms with Crippen molar-refractivity contribution in [2.24, 2.45) is 34.5 Å². The molecule has 9 atom stereocenters. The van der Waals surface area contributed by atoms with Gasteiger partial charge in [-0.15, -0.1) is 12.8 Å². The van der Waals surface area contributed by atoms with E-state index in [0.29, 0.717) is 17.8 Å². The van der Waals surface area contributed by atoms with Crippen LogP contribution in [0.4, 0.5) is 0 Å². The molecule has 3 fully saturated rings. The lowest BCUT2D eigenvalue weighted by atomic mass is 9.53. The van der Waals surface area contributed by atoms with Crippen LogP contribution in [0.5, 0.6) is 11.5 Å². The molecular weight excluding hydrogens is 706 g/mol. The van der Waals surface area contributed by atoms with Crippen molar-refractivity contribution in [3.63, 3.8) is 0 Å². The van der Waals surface area contributed by atoms with Gasteiger partial charge in [-0.25, -0.2) is 0 Å². The number of hydrogen-bond donors (Lipinski definition) is 1. The van der Waals surface area contributed by atoms with Crippen LogP contribution in [0.25, 0.3) is 0 Å². The van der Waals surface area contributed by atoms with Crippen molar-refractivity contribution in [1.29, 1.82) is 0 Å². The first kappa shape index (κ1) is 37.7. The molecule has 8 heteroatoms. The van der Waals surface area contributed by atoms with Gasteiger partial charge in [0.15, 0.2) is 0 Å². The van der Waals surface area contributed by atoms with Gasteiger partial charge in [0, 0.05) is 16.4 Å². The summed E-state index contributed by atoms with van der Waals surface area (Å²) in [4.78, 5) is 0. The lowest BCUT2D eigenvalue weighted by molar-refractivity contribution is -0.0646. The number of hydrogen-bond acceptors (Lipinski definition) is 4. The highest BCUT2D eigenvalue weighted by molar-refractivity contribution is 8.24. The number of fused-ring (bicyclic) bond motifs is 10. The molecule has 4 nitrogen and oxygen atoms in total. The monoisotopic (exact) mass is 754 g/mol. The molecule has 0 saturated heterocycles. The molecule has 1 N–H and O–H groups in total. The van der Waals surface area contributed by atoms with E-state index in [-0.39, 0.29) is 10.8 Å². The summed E-state index contributed by atoms with van der Waals surface area (Å²) in [7, 11) is 3.49. The Bertz CT molecular complexity index is 1760. The second-order valence-corrected chi connectivity index (χ2v) is 22.5. The molecule has 0 amide bonds. The molecular formula is C42H50Cl3O4P. The highest BCUT2D eigenvalue weighted by atomic mass is 36.0. The Morgan fingerprint density at radius 3 is 1.82 bits per heavy atom. The summed E-state index contributed by atoms with van der Waals surface area (Å²) in [5, 5.41) is 7.73. The quantitative estimate of drug-likeness (QED) is 0.245. The average Bonchev–Trinajstić information content (AvgIpc) is 3.59. The Morgan fingerprint density at radius 1 is 0.800 bits per heavy atom. The molecule has 50 heavy (non-hydrogen) atoms. The number of ether oxygens (including phenoxy) is 2. The van der Waals surface area contributed by atoms with Crippen LogP contribution in [0.1, 0.15) is 106 Å². The van der Waals surface area contributed by atoms with Gasteiger partial charge in [0.05, 0.1) is 14.2 Å². The van der Waals surface area contributed by atoms with Gasteiger partial charge >= 0.3 is 5.20 Å². The smallest absolute Gasteiger partial charge is 0.339 e. The van der Waals surface area contributed by atoms with Crippen LogP contribution in [-0.4, -0.2) is 24.9 Å². The van der Waals surface area contributed by atoms with Crippen molar-refractivity contribution < 1.29 is 19.1 Å². The van der Waals surface area contributed by atoms with Crippen molar-refractivity contribution in [2.75, 3.05) is 14.2 Å². The van der Waals surface area contributed by atoms with Crippen LogP contribution in [0.3, 0.4) is 0 Å².